The number of hydrogen-bond donors (Lipinski definition) is 3. The van der Waals surface area contributed by atoms with Crippen LogP contribution in [0.5, 0.6) is 11.5 Å². The van der Waals surface area contributed by atoms with Crippen LogP contribution in [0.3, 0.4) is 0 Å². The van der Waals surface area contributed by atoms with Crippen LogP contribution in [0.25, 0.3) is 0 Å². The Bertz CT molecular complexity index is 707. The van der Waals surface area contributed by atoms with Crippen LogP contribution in [-0.4, -0.2) is 34.0 Å². The van der Waals surface area contributed by atoms with E-state index in [0.29, 0.717) is 17.9 Å². The van der Waals surface area contributed by atoms with Crippen LogP contribution < -0.4 is 10.2 Å². The lowest BCUT2D eigenvalue weighted by atomic mass is 10.1. The number of carbonyl (C=O) groups is 1. The van der Waals surface area contributed by atoms with Crippen molar-refractivity contribution in [1.82, 2.24) is 15.6 Å². The predicted octanol–water partition coefficient (Wildman–Crippen LogP) is 2.40. The Morgan fingerprint density at radius 2 is 2.26 bits per heavy atom. The number of benzene rings is 1. The van der Waals surface area contributed by atoms with E-state index in [1.807, 2.05) is 20.8 Å². The molecular formula is C16H20N4O3. The van der Waals surface area contributed by atoms with Crippen molar-refractivity contribution in [1.29, 1.82) is 0 Å². The standard InChI is InChI=1S/C16H20N4O3/c1-4-23-15-7-11(5-6-14(15)21)9-17-20-16(22)13-8-12(10(2)3)18-19-13/h5-10,21H,4H2,1-3H3,(H,18,19)(H,20,22). The number of nitrogens with one attached hydrogen (secondary N) is 2. The van der Waals surface area contributed by atoms with Crippen LogP contribution in [0.4, 0.5) is 0 Å². The molecule has 0 saturated carbocycles. The molecule has 2 aromatic rings. The van der Waals surface area contributed by atoms with Gasteiger partial charge in [-0.15, -0.1) is 0 Å². The van der Waals surface area contributed by atoms with Gasteiger partial charge >= 0.3 is 0 Å². The molecule has 0 atom stereocenters. The lowest BCUT2D eigenvalue weighted by molar-refractivity contribution is 0.0950. The number of phenols is 1. The molecule has 1 amide bonds. The van der Waals surface area contributed by atoms with E-state index in [9.17, 15) is 9.90 Å². The predicted molar refractivity (Wildman–Crippen MR) is 87.0 cm³/mol. The second-order valence-electron chi connectivity index (χ2n) is 5.22. The summed E-state index contributed by atoms with van der Waals surface area (Å²) >= 11 is 0. The lowest BCUT2D eigenvalue weighted by Crippen LogP contribution is -2.18. The van der Waals surface area contributed by atoms with Crippen molar-refractivity contribution < 1.29 is 14.6 Å². The third kappa shape index (κ3) is 4.32. The molecule has 3 N–H and O–H groups in total. The van der Waals surface area contributed by atoms with Gasteiger partial charge in [-0.2, -0.15) is 10.2 Å². The van der Waals surface area contributed by atoms with Gasteiger partial charge in [0.1, 0.15) is 0 Å². The van der Waals surface area contributed by atoms with E-state index in [1.54, 1.807) is 18.2 Å². The molecule has 1 heterocycles. The van der Waals surface area contributed by atoms with Gasteiger partial charge in [0.05, 0.1) is 12.8 Å². The quantitative estimate of drug-likeness (QED) is 0.563. The van der Waals surface area contributed by atoms with E-state index in [1.165, 1.54) is 12.3 Å². The largest absolute Gasteiger partial charge is 0.504 e. The summed E-state index contributed by atoms with van der Waals surface area (Å²) in [6.45, 7) is 6.29. The van der Waals surface area contributed by atoms with Crippen molar-refractivity contribution >= 4 is 12.1 Å². The van der Waals surface area contributed by atoms with Crippen LogP contribution >= 0.6 is 0 Å². The fourth-order valence-electron chi connectivity index (χ4n) is 1.85. The van der Waals surface area contributed by atoms with Gasteiger partial charge in [0, 0.05) is 5.69 Å². The summed E-state index contributed by atoms with van der Waals surface area (Å²) in [6.07, 6.45) is 1.47. The first-order valence-electron chi connectivity index (χ1n) is 7.35. The number of aromatic amines is 1. The smallest absolute Gasteiger partial charge is 0.291 e. The highest BCUT2D eigenvalue weighted by atomic mass is 16.5. The number of aromatic nitrogens is 2. The van der Waals surface area contributed by atoms with Crippen molar-refractivity contribution in [3.05, 3.63) is 41.2 Å². The van der Waals surface area contributed by atoms with Crippen molar-refractivity contribution in [2.45, 2.75) is 26.7 Å². The maximum atomic E-state index is 11.9. The molecule has 0 fully saturated rings. The van der Waals surface area contributed by atoms with E-state index in [-0.39, 0.29) is 17.4 Å². The number of ether oxygens (including phenoxy) is 1. The zero-order valence-corrected chi connectivity index (χ0v) is 13.3. The average molecular weight is 316 g/mol. The summed E-state index contributed by atoms with van der Waals surface area (Å²) in [4.78, 5) is 11.9. The van der Waals surface area contributed by atoms with Gasteiger partial charge in [0.2, 0.25) is 0 Å². The molecule has 0 aliphatic carbocycles. The number of rotatable bonds is 6. The Hall–Kier alpha value is -2.83. The molecule has 23 heavy (non-hydrogen) atoms. The van der Waals surface area contributed by atoms with Crippen molar-refractivity contribution in [3.63, 3.8) is 0 Å². The highest BCUT2D eigenvalue weighted by Gasteiger charge is 2.11. The lowest BCUT2D eigenvalue weighted by Gasteiger charge is -2.05. The number of H-pyrrole nitrogens is 1. The Morgan fingerprint density at radius 1 is 1.48 bits per heavy atom. The molecule has 7 nitrogen and oxygen atoms in total. The molecule has 1 aromatic heterocycles. The zero-order chi connectivity index (χ0) is 16.8. The number of hydrazone groups is 1. The maximum Gasteiger partial charge on any atom is 0.291 e. The minimum atomic E-state index is -0.395. The van der Waals surface area contributed by atoms with Gasteiger partial charge in [-0.25, -0.2) is 5.43 Å². The summed E-state index contributed by atoms with van der Waals surface area (Å²) in [7, 11) is 0. The van der Waals surface area contributed by atoms with E-state index in [2.05, 4.69) is 20.7 Å². The summed E-state index contributed by atoms with van der Waals surface area (Å²) in [5, 5.41) is 20.3. The molecule has 0 saturated heterocycles. The number of carbonyl (C=O) groups excluding carboxylic acids is 1. The van der Waals surface area contributed by atoms with E-state index in [4.69, 9.17) is 4.74 Å². The van der Waals surface area contributed by atoms with Crippen molar-refractivity contribution in [3.8, 4) is 11.5 Å². The molecular weight excluding hydrogens is 296 g/mol. The fourth-order valence-corrected chi connectivity index (χ4v) is 1.85. The van der Waals surface area contributed by atoms with E-state index in [0.717, 1.165) is 5.69 Å². The summed E-state index contributed by atoms with van der Waals surface area (Å²) in [5.74, 6) is 0.303. The number of nitrogens with zero attached hydrogens (tertiary/aromatic N) is 2. The Morgan fingerprint density at radius 3 is 2.91 bits per heavy atom. The molecule has 1 aromatic carbocycles. The van der Waals surface area contributed by atoms with Crippen molar-refractivity contribution in [2.75, 3.05) is 6.61 Å². The normalized spacial score (nSPS) is 11.1. The highest BCUT2D eigenvalue weighted by Crippen LogP contribution is 2.26. The van der Waals surface area contributed by atoms with Crippen LogP contribution in [0.1, 0.15) is 48.4 Å². The summed E-state index contributed by atoms with van der Waals surface area (Å²) in [5.41, 5.74) is 4.27. The molecule has 2 rings (SSSR count). The summed E-state index contributed by atoms with van der Waals surface area (Å²) < 4.78 is 5.29. The Kier molecular flexibility index (Phi) is 5.35. The Balaban J connectivity index is 2.00. The second-order valence-corrected chi connectivity index (χ2v) is 5.22. The number of phenolic OH excluding ortho intramolecular Hbond substituents is 1. The number of aromatic hydroxyl groups is 1. The van der Waals surface area contributed by atoms with Gasteiger partial charge in [0.15, 0.2) is 17.2 Å². The highest BCUT2D eigenvalue weighted by molar-refractivity contribution is 5.93. The van der Waals surface area contributed by atoms with Crippen LogP contribution in [0, 0.1) is 0 Å². The van der Waals surface area contributed by atoms with Gasteiger partial charge < -0.3 is 9.84 Å². The van der Waals surface area contributed by atoms with Gasteiger partial charge in [-0.05, 0) is 42.7 Å². The van der Waals surface area contributed by atoms with Crippen LogP contribution in [0.2, 0.25) is 0 Å². The van der Waals surface area contributed by atoms with Gasteiger partial charge in [-0.3, -0.25) is 9.89 Å². The third-order valence-electron chi connectivity index (χ3n) is 3.12. The first kappa shape index (κ1) is 16.5. The minimum Gasteiger partial charge on any atom is -0.504 e. The SMILES string of the molecule is CCOc1cc(C=NNC(=O)c2cc(C(C)C)[nH]n2)ccc1O. The molecule has 7 heteroatoms. The zero-order valence-electron chi connectivity index (χ0n) is 13.3. The minimum absolute atomic E-state index is 0.0609. The molecule has 0 aliphatic rings. The van der Waals surface area contributed by atoms with E-state index < -0.39 is 5.91 Å². The first-order chi connectivity index (χ1) is 11.0. The molecule has 122 valence electrons. The van der Waals surface area contributed by atoms with E-state index >= 15 is 0 Å². The van der Waals surface area contributed by atoms with Crippen LogP contribution in [0.15, 0.2) is 29.4 Å². The monoisotopic (exact) mass is 316 g/mol. The molecule has 0 spiro atoms. The Labute approximate surface area is 134 Å². The first-order valence-corrected chi connectivity index (χ1v) is 7.35. The molecule has 0 aliphatic heterocycles. The summed E-state index contributed by atoms with van der Waals surface area (Å²) in [6, 6.07) is 6.51. The molecule has 0 radical (unpaired) electrons. The maximum absolute atomic E-state index is 11.9. The van der Waals surface area contributed by atoms with Gasteiger partial charge in [0.25, 0.3) is 5.91 Å². The molecule has 0 bridgehead atoms. The third-order valence-corrected chi connectivity index (χ3v) is 3.12. The van der Waals surface area contributed by atoms with Crippen molar-refractivity contribution in [2.24, 2.45) is 5.10 Å². The fraction of sp³-hybridized carbons (Fsp3) is 0.312. The average Bonchev–Trinajstić information content (AvgIpc) is 3.01. The van der Waals surface area contributed by atoms with Gasteiger partial charge in [-0.1, -0.05) is 13.8 Å². The molecule has 0 unspecified atom stereocenters. The van der Waals surface area contributed by atoms with Crippen LogP contribution in [-0.2, 0) is 0 Å². The second kappa shape index (κ2) is 7.44. The number of hydrogen-bond acceptors (Lipinski definition) is 5. The number of amides is 1. The topological polar surface area (TPSA) is 99.6 Å².